The second-order valence-corrected chi connectivity index (χ2v) is 7.31. The van der Waals surface area contributed by atoms with Gasteiger partial charge >= 0.3 is 7.12 Å². The Bertz CT molecular complexity index is 507. The van der Waals surface area contributed by atoms with Gasteiger partial charge in [-0.3, -0.25) is 0 Å². The summed E-state index contributed by atoms with van der Waals surface area (Å²) in [5.74, 6) is 0.840. The Morgan fingerprint density at radius 1 is 1.05 bits per heavy atom. The fourth-order valence-electron chi connectivity index (χ4n) is 2.23. The van der Waals surface area contributed by atoms with Gasteiger partial charge in [-0.1, -0.05) is 12.1 Å². The van der Waals surface area contributed by atoms with Crippen molar-refractivity contribution in [2.24, 2.45) is 5.73 Å². The van der Waals surface area contributed by atoms with Gasteiger partial charge in [-0.2, -0.15) is 0 Å². The lowest BCUT2D eigenvalue weighted by molar-refractivity contribution is 0.00578. The van der Waals surface area contributed by atoms with E-state index in [1.165, 1.54) is 0 Å². The van der Waals surface area contributed by atoms with Gasteiger partial charge in [0.05, 0.1) is 16.7 Å². The Kier molecular flexibility index (Phi) is 3.35. The van der Waals surface area contributed by atoms with E-state index < -0.39 is 0 Å². The van der Waals surface area contributed by atoms with Crippen LogP contribution >= 0.6 is 0 Å². The average Bonchev–Trinajstić information content (AvgIpc) is 3.09. The standard InChI is InChI=1S/C16H24BNO3/c1-14(2)15(3,4)21-17(20-14)12-5-7-13(8-6-12)19-11-16(18)9-10-16/h5-8H,9-11,18H2,1-4H3. The van der Waals surface area contributed by atoms with Crippen LogP contribution in [0.3, 0.4) is 0 Å². The zero-order valence-electron chi connectivity index (χ0n) is 13.3. The van der Waals surface area contributed by atoms with Crippen molar-refractivity contribution in [2.75, 3.05) is 6.61 Å². The first-order chi connectivity index (χ1) is 9.71. The lowest BCUT2D eigenvalue weighted by Crippen LogP contribution is -2.41. The largest absolute Gasteiger partial charge is 0.494 e. The topological polar surface area (TPSA) is 53.7 Å². The summed E-state index contributed by atoms with van der Waals surface area (Å²) in [7, 11) is -0.326. The van der Waals surface area contributed by atoms with Crippen molar-refractivity contribution in [1.82, 2.24) is 0 Å². The molecule has 1 saturated heterocycles. The number of nitrogens with two attached hydrogens (primary N) is 1. The van der Waals surface area contributed by atoms with Crippen molar-refractivity contribution < 1.29 is 14.0 Å². The first kappa shape index (κ1) is 14.9. The third-order valence-corrected chi connectivity index (χ3v) is 4.82. The van der Waals surface area contributed by atoms with Gasteiger partial charge in [0, 0.05) is 0 Å². The Labute approximate surface area is 127 Å². The lowest BCUT2D eigenvalue weighted by Gasteiger charge is -2.32. The lowest BCUT2D eigenvalue weighted by atomic mass is 9.79. The molecule has 2 aliphatic rings. The smallest absolute Gasteiger partial charge is 0.492 e. The quantitative estimate of drug-likeness (QED) is 0.860. The number of hydrogen-bond acceptors (Lipinski definition) is 4. The molecule has 1 aliphatic carbocycles. The number of benzene rings is 1. The fourth-order valence-corrected chi connectivity index (χ4v) is 2.23. The maximum absolute atomic E-state index is 6.03. The summed E-state index contributed by atoms with van der Waals surface area (Å²) in [6.45, 7) is 8.81. The average molecular weight is 289 g/mol. The molecule has 4 nitrogen and oxygen atoms in total. The summed E-state index contributed by atoms with van der Waals surface area (Å²) in [5.41, 5.74) is 6.31. The van der Waals surface area contributed by atoms with Gasteiger partial charge < -0.3 is 19.8 Å². The molecule has 2 fully saturated rings. The van der Waals surface area contributed by atoms with E-state index in [2.05, 4.69) is 27.7 Å². The number of ether oxygens (including phenoxy) is 1. The molecule has 0 unspecified atom stereocenters. The summed E-state index contributed by atoms with van der Waals surface area (Å²) in [5, 5.41) is 0. The van der Waals surface area contributed by atoms with Crippen LogP contribution in [0, 0.1) is 0 Å². The molecule has 2 N–H and O–H groups in total. The molecule has 0 bridgehead atoms. The third-order valence-electron chi connectivity index (χ3n) is 4.82. The highest BCUT2D eigenvalue weighted by molar-refractivity contribution is 6.62. The van der Waals surface area contributed by atoms with Gasteiger partial charge in [0.1, 0.15) is 12.4 Å². The Morgan fingerprint density at radius 3 is 2.05 bits per heavy atom. The maximum Gasteiger partial charge on any atom is 0.494 e. The summed E-state index contributed by atoms with van der Waals surface area (Å²) in [6, 6.07) is 7.89. The van der Waals surface area contributed by atoms with Crippen molar-refractivity contribution in [3.8, 4) is 5.75 Å². The molecular weight excluding hydrogens is 265 g/mol. The molecule has 1 aromatic rings. The number of rotatable bonds is 4. The van der Waals surface area contributed by atoms with Gasteiger partial charge in [0.25, 0.3) is 0 Å². The number of hydrogen-bond donors (Lipinski definition) is 1. The van der Waals surface area contributed by atoms with Gasteiger partial charge in [-0.05, 0) is 58.1 Å². The minimum Gasteiger partial charge on any atom is -0.492 e. The Hall–Kier alpha value is -1.04. The highest BCUT2D eigenvalue weighted by atomic mass is 16.7. The van der Waals surface area contributed by atoms with E-state index in [0.29, 0.717) is 6.61 Å². The highest BCUT2D eigenvalue weighted by Gasteiger charge is 2.51. The SMILES string of the molecule is CC1(C)OB(c2ccc(OCC3(N)CC3)cc2)OC1(C)C. The van der Waals surface area contributed by atoms with E-state index in [4.69, 9.17) is 19.8 Å². The zero-order chi connectivity index (χ0) is 15.3. The molecule has 1 heterocycles. The monoisotopic (exact) mass is 289 g/mol. The van der Waals surface area contributed by atoms with E-state index in [0.717, 1.165) is 24.1 Å². The minimum atomic E-state index is -0.326. The van der Waals surface area contributed by atoms with Crippen molar-refractivity contribution in [3.05, 3.63) is 24.3 Å². The molecule has 0 spiro atoms. The zero-order valence-corrected chi connectivity index (χ0v) is 13.3. The highest BCUT2D eigenvalue weighted by Crippen LogP contribution is 2.36. The maximum atomic E-state index is 6.03. The molecule has 0 amide bonds. The molecule has 0 aromatic heterocycles. The molecule has 1 saturated carbocycles. The van der Waals surface area contributed by atoms with E-state index in [1.54, 1.807) is 0 Å². The van der Waals surface area contributed by atoms with Gasteiger partial charge in [-0.25, -0.2) is 0 Å². The van der Waals surface area contributed by atoms with Crippen molar-refractivity contribution in [2.45, 2.75) is 57.3 Å². The normalized spacial score (nSPS) is 24.9. The summed E-state index contributed by atoms with van der Waals surface area (Å²) < 4.78 is 17.8. The van der Waals surface area contributed by atoms with Crippen LogP contribution in [0.5, 0.6) is 5.75 Å². The van der Waals surface area contributed by atoms with Crippen LogP contribution in [0.1, 0.15) is 40.5 Å². The van der Waals surface area contributed by atoms with E-state index in [1.807, 2.05) is 24.3 Å². The predicted octanol–water partition coefficient (Wildman–Crippen LogP) is 1.86. The summed E-state index contributed by atoms with van der Waals surface area (Å²) in [6.07, 6.45) is 2.11. The van der Waals surface area contributed by atoms with E-state index >= 15 is 0 Å². The van der Waals surface area contributed by atoms with Crippen LogP contribution in [0.15, 0.2) is 24.3 Å². The van der Waals surface area contributed by atoms with Crippen LogP contribution in [0.4, 0.5) is 0 Å². The van der Waals surface area contributed by atoms with Crippen LogP contribution in [-0.2, 0) is 9.31 Å². The third kappa shape index (κ3) is 2.96. The predicted molar refractivity (Wildman–Crippen MR) is 83.8 cm³/mol. The van der Waals surface area contributed by atoms with Gasteiger partial charge in [0.15, 0.2) is 0 Å². The van der Waals surface area contributed by atoms with Crippen LogP contribution in [0.25, 0.3) is 0 Å². The van der Waals surface area contributed by atoms with Crippen LogP contribution in [-0.4, -0.2) is 30.5 Å². The second kappa shape index (κ2) is 4.73. The minimum absolute atomic E-state index is 0.0929. The summed E-state index contributed by atoms with van der Waals surface area (Å²) in [4.78, 5) is 0. The van der Waals surface area contributed by atoms with Crippen LogP contribution in [0.2, 0.25) is 0 Å². The van der Waals surface area contributed by atoms with E-state index in [-0.39, 0.29) is 23.9 Å². The molecule has 114 valence electrons. The molecule has 0 atom stereocenters. The van der Waals surface area contributed by atoms with Crippen LogP contribution < -0.4 is 15.9 Å². The van der Waals surface area contributed by atoms with Crippen molar-refractivity contribution >= 4 is 12.6 Å². The summed E-state index contributed by atoms with van der Waals surface area (Å²) >= 11 is 0. The van der Waals surface area contributed by atoms with Gasteiger partial charge in [-0.15, -0.1) is 0 Å². The first-order valence-corrected chi connectivity index (χ1v) is 7.58. The van der Waals surface area contributed by atoms with Gasteiger partial charge in [0.2, 0.25) is 0 Å². The molecule has 5 heteroatoms. The molecule has 1 aromatic carbocycles. The molecule has 3 rings (SSSR count). The Balaban J connectivity index is 1.65. The molecule has 0 radical (unpaired) electrons. The second-order valence-electron chi connectivity index (χ2n) is 7.31. The first-order valence-electron chi connectivity index (χ1n) is 7.58. The molecule has 1 aliphatic heterocycles. The van der Waals surface area contributed by atoms with Crippen molar-refractivity contribution in [1.29, 1.82) is 0 Å². The van der Waals surface area contributed by atoms with Crippen molar-refractivity contribution in [3.63, 3.8) is 0 Å². The molecular formula is C16H24BNO3. The molecule has 21 heavy (non-hydrogen) atoms. The Morgan fingerprint density at radius 2 is 1.57 bits per heavy atom. The fraction of sp³-hybridized carbons (Fsp3) is 0.625. The van der Waals surface area contributed by atoms with E-state index in [9.17, 15) is 0 Å².